The third-order valence-corrected chi connectivity index (χ3v) is 9.21. The van der Waals surface area contributed by atoms with Gasteiger partial charge in [0, 0.05) is 36.6 Å². The van der Waals surface area contributed by atoms with E-state index in [9.17, 15) is 13.2 Å². The zero-order valence-electron chi connectivity index (χ0n) is 17.0. The van der Waals surface area contributed by atoms with Crippen LogP contribution in [0.4, 0.5) is 0 Å². The summed E-state index contributed by atoms with van der Waals surface area (Å²) in [5, 5.41) is 2.02. The molecule has 0 radical (unpaired) electrons. The maximum absolute atomic E-state index is 13.2. The Morgan fingerprint density at radius 3 is 2.69 bits per heavy atom. The summed E-state index contributed by atoms with van der Waals surface area (Å²) >= 11 is 1.69. The van der Waals surface area contributed by atoms with Gasteiger partial charge in [0.1, 0.15) is 0 Å². The topological polar surface area (TPSA) is 57.7 Å². The average Bonchev–Trinajstić information content (AvgIpc) is 3.21. The fourth-order valence-corrected chi connectivity index (χ4v) is 6.72. The molecule has 1 aromatic heterocycles. The molecule has 0 unspecified atom stereocenters. The van der Waals surface area contributed by atoms with Crippen LogP contribution in [0.15, 0.2) is 40.6 Å². The standard InChI is InChI=1S/C22H28N2O3S2/c1-16-6-8-19(9-7-16)23(2)22(25)17-4-3-5-20(14-17)29(26,27)24-12-10-21-18(15-24)11-13-28-21/h3-5,11,13-14,16,19H,6-10,12,15H2,1-2H3. The first-order chi connectivity index (χ1) is 13.9. The molecule has 0 spiro atoms. The molecule has 0 saturated heterocycles. The number of benzene rings is 1. The molecule has 4 rings (SSSR count). The molecule has 7 heteroatoms. The highest BCUT2D eigenvalue weighted by atomic mass is 32.2. The van der Waals surface area contributed by atoms with Gasteiger partial charge in [0.2, 0.25) is 10.0 Å². The molecule has 1 saturated carbocycles. The van der Waals surface area contributed by atoms with Crippen LogP contribution in [0.5, 0.6) is 0 Å². The van der Waals surface area contributed by atoms with Crippen LogP contribution in [0.3, 0.4) is 0 Å². The highest BCUT2D eigenvalue weighted by Gasteiger charge is 2.30. The monoisotopic (exact) mass is 432 g/mol. The molecule has 5 nitrogen and oxygen atoms in total. The molecule has 0 bridgehead atoms. The van der Waals surface area contributed by atoms with Crippen molar-refractivity contribution in [1.82, 2.24) is 9.21 Å². The first-order valence-electron chi connectivity index (χ1n) is 10.3. The maximum atomic E-state index is 13.2. The first-order valence-corrected chi connectivity index (χ1v) is 12.6. The van der Waals surface area contributed by atoms with E-state index in [0.717, 1.165) is 43.6 Å². The van der Waals surface area contributed by atoms with Gasteiger partial charge in [-0.15, -0.1) is 11.3 Å². The third-order valence-electron chi connectivity index (χ3n) is 6.34. The van der Waals surface area contributed by atoms with E-state index in [-0.39, 0.29) is 16.8 Å². The lowest BCUT2D eigenvalue weighted by Gasteiger charge is -2.33. The largest absolute Gasteiger partial charge is 0.339 e. The summed E-state index contributed by atoms with van der Waals surface area (Å²) in [6.45, 7) is 3.14. The fourth-order valence-electron chi connectivity index (χ4n) is 4.37. The SMILES string of the molecule is CC1CCC(N(C)C(=O)c2cccc(S(=O)(=O)N3CCc4sccc4C3)c2)CC1. The first kappa shape index (κ1) is 20.6. The van der Waals surface area contributed by atoms with Crippen molar-refractivity contribution in [3.05, 3.63) is 51.7 Å². The van der Waals surface area contributed by atoms with Gasteiger partial charge in [0.25, 0.3) is 5.91 Å². The molecule has 0 N–H and O–H groups in total. The molecule has 1 amide bonds. The Morgan fingerprint density at radius 1 is 1.17 bits per heavy atom. The summed E-state index contributed by atoms with van der Waals surface area (Å²) in [6.07, 6.45) is 5.04. The lowest BCUT2D eigenvalue weighted by Crippen LogP contribution is -2.39. The van der Waals surface area contributed by atoms with Gasteiger partial charge in [-0.3, -0.25) is 4.79 Å². The van der Waals surface area contributed by atoms with Crippen molar-refractivity contribution >= 4 is 27.3 Å². The van der Waals surface area contributed by atoms with E-state index in [1.165, 1.54) is 9.18 Å². The van der Waals surface area contributed by atoms with Crippen molar-refractivity contribution in [2.24, 2.45) is 5.92 Å². The fraction of sp³-hybridized carbons (Fsp3) is 0.500. The molecule has 2 heterocycles. The van der Waals surface area contributed by atoms with E-state index < -0.39 is 10.0 Å². The van der Waals surface area contributed by atoms with Gasteiger partial charge in [-0.2, -0.15) is 4.31 Å². The summed E-state index contributed by atoms with van der Waals surface area (Å²) < 4.78 is 27.9. The van der Waals surface area contributed by atoms with Crippen LogP contribution < -0.4 is 0 Å². The van der Waals surface area contributed by atoms with Crippen LogP contribution in [0.2, 0.25) is 0 Å². The Bertz CT molecular complexity index is 991. The smallest absolute Gasteiger partial charge is 0.253 e. The molecular formula is C22H28N2O3S2. The van der Waals surface area contributed by atoms with Gasteiger partial charge >= 0.3 is 0 Å². The van der Waals surface area contributed by atoms with E-state index in [0.29, 0.717) is 18.7 Å². The normalized spacial score (nSPS) is 22.8. The Morgan fingerprint density at radius 2 is 1.93 bits per heavy atom. The molecule has 1 aromatic carbocycles. The Hall–Kier alpha value is -1.70. The number of thiophene rings is 1. The quantitative estimate of drug-likeness (QED) is 0.729. The molecule has 1 aliphatic carbocycles. The second-order valence-corrected chi connectivity index (χ2v) is 11.3. The molecule has 2 aromatic rings. The zero-order chi connectivity index (χ0) is 20.6. The van der Waals surface area contributed by atoms with Crippen LogP contribution in [0.25, 0.3) is 0 Å². The van der Waals surface area contributed by atoms with Crippen molar-refractivity contribution in [1.29, 1.82) is 0 Å². The maximum Gasteiger partial charge on any atom is 0.253 e. The van der Waals surface area contributed by atoms with Crippen LogP contribution in [0.1, 0.15) is 53.4 Å². The predicted octanol–water partition coefficient (Wildman–Crippen LogP) is 4.15. The van der Waals surface area contributed by atoms with Gasteiger partial charge < -0.3 is 4.90 Å². The van der Waals surface area contributed by atoms with Crippen molar-refractivity contribution in [2.45, 2.75) is 56.5 Å². The second-order valence-electron chi connectivity index (χ2n) is 8.32. The lowest BCUT2D eigenvalue weighted by molar-refractivity contribution is 0.0679. The molecule has 1 aliphatic heterocycles. The average molecular weight is 433 g/mol. The molecular weight excluding hydrogens is 404 g/mol. The summed E-state index contributed by atoms with van der Waals surface area (Å²) in [5.41, 5.74) is 1.53. The minimum atomic E-state index is -3.63. The van der Waals surface area contributed by atoms with Gasteiger partial charge in [-0.1, -0.05) is 13.0 Å². The molecule has 156 valence electrons. The number of hydrogen-bond acceptors (Lipinski definition) is 4. The van der Waals surface area contributed by atoms with Crippen molar-refractivity contribution in [3.63, 3.8) is 0 Å². The van der Waals surface area contributed by atoms with E-state index in [4.69, 9.17) is 0 Å². The minimum Gasteiger partial charge on any atom is -0.339 e. The number of sulfonamides is 1. The minimum absolute atomic E-state index is 0.0969. The van der Waals surface area contributed by atoms with E-state index in [1.54, 1.807) is 40.5 Å². The molecule has 1 fully saturated rings. The number of amides is 1. The van der Waals surface area contributed by atoms with Crippen LogP contribution in [-0.4, -0.2) is 43.2 Å². The summed E-state index contributed by atoms with van der Waals surface area (Å²) in [6, 6.07) is 8.77. The lowest BCUT2D eigenvalue weighted by atomic mass is 9.86. The summed E-state index contributed by atoms with van der Waals surface area (Å²) in [5.74, 6) is 0.622. The van der Waals surface area contributed by atoms with E-state index >= 15 is 0 Å². The highest BCUT2D eigenvalue weighted by molar-refractivity contribution is 7.89. The Labute approximate surface area is 177 Å². The Balaban J connectivity index is 1.53. The van der Waals surface area contributed by atoms with Crippen LogP contribution in [-0.2, 0) is 23.0 Å². The zero-order valence-corrected chi connectivity index (χ0v) is 18.6. The summed E-state index contributed by atoms with van der Waals surface area (Å²) in [7, 11) is -1.79. The predicted molar refractivity (Wildman–Crippen MR) is 116 cm³/mol. The number of carbonyl (C=O) groups excluding carboxylic acids is 1. The van der Waals surface area contributed by atoms with E-state index in [1.807, 2.05) is 18.5 Å². The van der Waals surface area contributed by atoms with Crippen molar-refractivity contribution < 1.29 is 13.2 Å². The molecule has 0 atom stereocenters. The van der Waals surface area contributed by atoms with Crippen LogP contribution >= 0.6 is 11.3 Å². The van der Waals surface area contributed by atoms with Gasteiger partial charge in [0.05, 0.1) is 4.90 Å². The van der Waals surface area contributed by atoms with Gasteiger partial charge in [-0.25, -0.2) is 8.42 Å². The number of rotatable bonds is 4. The third kappa shape index (κ3) is 4.13. The number of fused-ring (bicyclic) bond motifs is 1. The van der Waals surface area contributed by atoms with Gasteiger partial charge in [-0.05, 0) is 73.2 Å². The van der Waals surface area contributed by atoms with Crippen molar-refractivity contribution in [3.8, 4) is 0 Å². The number of hydrogen-bond donors (Lipinski definition) is 0. The second kappa shape index (κ2) is 8.20. The Kier molecular flexibility index (Phi) is 5.82. The van der Waals surface area contributed by atoms with Gasteiger partial charge in [0.15, 0.2) is 0 Å². The number of nitrogens with zero attached hydrogens (tertiary/aromatic N) is 2. The molecule has 29 heavy (non-hydrogen) atoms. The van der Waals surface area contributed by atoms with E-state index in [2.05, 4.69) is 6.92 Å². The van der Waals surface area contributed by atoms with Crippen molar-refractivity contribution in [2.75, 3.05) is 13.6 Å². The number of carbonyl (C=O) groups is 1. The summed E-state index contributed by atoms with van der Waals surface area (Å²) in [4.78, 5) is 16.3. The van der Waals surface area contributed by atoms with Crippen LogP contribution in [0, 0.1) is 5.92 Å². The highest BCUT2D eigenvalue weighted by Crippen LogP contribution is 2.30. The molecule has 2 aliphatic rings.